The normalized spacial score (nSPS) is 11.0. The number of rotatable bonds is 5. The minimum atomic E-state index is 0.0925. The van der Waals surface area contributed by atoms with Crippen LogP contribution in [0, 0.1) is 13.8 Å². The molecule has 3 rings (SSSR count). The molecule has 0 fully saturated rings. The van der Waals surface area contributed by atoms with Crippen LogP contribution >= 0.6 is 12.0 Å². The van der Waals surface area contributed by atoms with E-state index in [2.05, 4.69) is 29.6 Å². The third kappa shape index (κ3) is 3.71. The Bertz CT molecular complexity index is 870. The number of nitrogens with one attached hydrogen (secondary N) is 1. The highest BCUT2D eigenvalue weighted by Crippen LogP contribution is 2.33. The van der Waals surface area contributed by atoms with Gasteiger partial charge in [-0.2, -0.15) is 9.97 Å². The smallest absolute Gasteiger partial charge is 0.230 e. The fourth-order valence-electron chi connectivity index (χ4n) is 2.30. The maximum absolute atomic E-state index is 10.1. The molecule has 24 heavy (non-hydrogen) atoms. The molecule has 0 amide bonds. The number of nitrogens with zero attached hydrogens (tertiary/aromatic N) is 3. The molecule has 124 valence electrons. The van der Waals surface area contributed by atoms with Crippen molar-refractivity contribution in [2.75, 3.05) is 5.32 Å². The average molecular weight is 346 g/mol. The fourth-order valence-corrected chi connectivity index (χ4v) is 2.75. The van der Waals surface area contributed by atoms with Crippen LogP contribution in [0.3, 0.4) is 0 Å². The van der Waals surface area contributed by atoms with E-state index in [4.69, 9.17) is 5.26 Å². The lowest BCUT2D eigenvalue weighted by atomic mass is 10.1. The second-order valence-corrected chi connectivity index (χ2v) is 5.76. The highest BCUT2D eigenvalue weighted by atomic mass is 32.2. The Morgan fingerprint density at radius 3 is 2.50 bits per heavy atom. The minimum absolute atomic E-state index is 0.0925. The zero-order chi connectivity index (χ0) is 17.1. The molecular formula is C15H14N4O4S. The summed E-state index contributed by atoms with van der Waals surface area (Å²) in [6.07, 6.45) is 0. The van der Waals surface area contributed by atoms with Gasteiger partial charge in [0.05, 0.1) is 12.0 Å². The number of hydrogen-bond donors (Lipinski definition) is 3. The molecule has 0 saturated heterocycles. The van der Waals surface area contributed by atoms with E-state index >= 15 is 0 Å². The predicted molar refractivity (Wildman–Crippen MR) is 88.9 cm³/mol. The summed E-state index contributed by atoms with van der Waals surface area (Å²) in [5.41, 5.74) is 0.758. The van der Waals surface area contributed by atoms with Crippen LogP contribution in [0.15, 0.2) is 35.2 Å². The Hall–Kier alpha value is -2.46. The monoisotopic (exact) mass is 346 g/mol. The number of anilines is 2. The summed E-state index contributed by atoms with van der Waals surface area (Å²) in [5, 5.41) is 26.4. The molecule has 1 aromatic heterocycles. The van der Waals surface area contributed by atoms with Crippen molar-refractivity contribution in [2.45, 2.75) is 18.7 Å². The molecule has 0 radical (unpaired) electrons. The number of hydrogen-bond acceptors (Lipinski definition) is 9. The van der Waals surface area contributed by atoms with Crippen molar-refractivity contribution in [3.8, 4) is 5.75 Å². The summed E-state index contributed by atoms with van der Waals surface area (Å²) in [6.45, 7) is 3.59. The van der Waals surface area contributed by atoms with E-state index in [1.54, 1.807) is 26.0 Å². The van der Waals surface area contributed by atoms with E-state index in [-0.39, 0.29) is 5.75 Å². The van der Waals surface area contributed by atoms with Gasteiger partial charge in [-0.25, -0.2) is 10.2 Å². The van der Waals surface area contributed by atoms with E-state index in [9.17, 15) is 5.11 Å². The topological polar surface area (TPSA) is 110 Å². The van der Waals surface area contributed by atoms with Gasteiger partial charge in [-0.15, -0.1) is 4.33 Å². The van der Waals surface area contributed by atoms with Crippen LogP contribution in [0.5, 0.6) is 5.75 Å². The SMILES string of the molecule is Cc1nc(C)nc(Nc2ccc3c(O)cc(SOOO)cc3c2)n1. The zero-order valence-corrected chi connectivity index (χ0v) is 13.7. The number of aryl methyl sites for hydroxylation is 2. The molecule has 8 nitrogen and oxygen atoms in total. The van der Waals surface area contributed by atoms with Crippen LogP contribution in [0.25, 0.3) is 10.8 Å². The Labute approximate surface area is 141 Å². The van der Waals surface area contributed by atoms with Crippen LogP contribution in [-0.2, 0) is 9.37 Å². The highest BCUT2D eigenvalue weighted by molar-refractivity contribution is 7.94. The Morgan fingerprint density at radius 1 is 1.04 bits per heavy atom. The Kier molecular flexibility index (Phi) is 4.76. The first-order valence-corrected chi connectivity index (χ1v) is 7.67. The highest BCUT2D eigenvalue weighted by Gasteiger charge is 2.07. The Balaban J connectivity index is 1.94. The van der Waals surface area contributed by atoms with Crippen molar-refractivity contribution in [3.63, 3.8) is 0 Å². The number of benzene rings is 2. The molecule has 0 bridgehead atoms. The lowest BCUT2D eigenvalue weighted by Crippen LogP contribution is -2.02. The summed E-state index contributed by atoms with van der Waals surface area (Å²) < 4.78 is 4.39. The van der Waals surface area contributed by atoms with Gasteiger partial charge in [-0.3, -0.25) is 0 Å². The van der Waals surface area contributed by atoms with Crippen molar-refractivity contribution in [1.82, 2.24) is 15.0 Å². The number of fused-ring (bicyclic) bond motifs is 1. The molecule has 0 unspecified atom stereocenters. The maximum Gasteiger partial charge on any atom is 0.230 e. The molecule has 3 aromatic rings. The molecule has 0 aliphatic heterocycles. The van der Waals surface area contributed by atoms with Crippen LogP contribution in [-0.4, -0.2) is 25.3 Å². The molecule has 0 atom stereocenters. The molecule has 0 aliphatic carbocycles. The molecule has 0 spiro atoms. The van der Waals surface area contributed by atoms with Gasteiger partial charge in [0, 0.05) is 16.0 Å². The largest absolute Gasteiger partial charge is 0.507 e. The van der Waals surface area contributed by atoms with E-state index < -0.39 is 0 Å². The quantitative estimate of drug-likeness (QED) is 0.363. The summed E-state index contributed by atoms with van der Waals surface area (Å²) >= 11 is 0.778. The van der Waals surface area contributed by atoms with Gasteiger partial charge < -0.3 is 10.4 Å². The van der Waals surface area contributed by atoms with Crippen LogP contribution in [0.1, 0.15) is 11.6 Å². The van der Waals surface area contributed by atoms with Gasteiger partial charge in [-0.1, -0.05) is 5.04 Å². The molecular weight excluding hydrogens is 332 g/mol. The van der Waals surface area contributed by atoms with Crippen LogP contribution < -0.4 is 5.32 Å². The standard InChI is InChI=1S/C15H14N4O4S/c1-8-16-9(2)18-15(17-8)19-11-3-4-13-10(5-11)6-12(7-14(13)20)24-23-22-21/h3-7,20-21H,1-2H3,(H,16,17,18,19). The van der Waals surface area contributed by atoms with Crippen molar-refractivity contribution in [3.05, 3.63) is 42.0 Å². The van der Waals surface area contributed by atoms with Crippen molar-refractivity contribution in [2.24, 2.45) is 0 Å². The van der Waals surface area contributed by atoms with Gasteiger partial charge in [0.1, 0.15) is 17.4 Å². The number of aromatic nitrogens is 3. The van der Waals surface area contributed by atoms with Crippen LogP contribution in [0.4, 0.5) is 11.6 Å². The molecule has 1 heterocycles. The van der Waals surface area contributed by atoms with Gasteiger partial charge in [0.2, 0.25) is 5.95 Å². The first-order valence-electron chi connectivity index (χ1n) is 6.93. The molecule has 3 N–H and O–H groups in total. The van der Waals surface area contributed by atoms with Gasteiger partial charge >= 0.3 is 0 Å². The number of phenolic OH excluding ortho intramolecular Hbond substituents is 1. The van der Waals surface area contributed by atoms with Gasteiger partial charge in [0.15, 0.2) is 0 Å². The van der Waals surface area contributed by atoms with Crippen LogP contribution in [0.2, 0.25) is 0 Å². The molecule has 0 aliphatic rings. The third-order valence-electron chi connectivity index (χ3n) is 3.18. The average Bonchev–Trinajstić information content (AvgIpc) is 2.51. The number of aromatic hydroxyl groups is 1. The van der Waals surface area contributed by atoms with Crippen molar-refractivity contribution >= 4 is 34.5 Å². The van der Waals surface area contributed by atoms with E-state index in [0.717, 1.165) is 23.1 Å². The Morgan fingerprint density at radius 2 is 1.79 bits per heavy atom. The first kappa shape index (κ1) is 16.4. The zero-order valence-electron chi connectivity index (χ0n) is 12.8. The first-order chi connectivity index (χ1) is 11.5. The summed E-state index contributed by atoms with van der Waals surface area (Å²) in [7, 11) is 0. The lowest BCUT2D eigenvalue weighted by molar-refractivity contribution is -0.432. The molecule has 9 heteroatoms. The van der Waals surface area contributed by atoms with E-state index in [1.807, 2.05) is 12.1 Å². The van der Waals surface area contributed by atoms with Crippen molar-refractivity contribution in [1.29, 1.82) is 0 Å². The maximum atomic E-state index is 10.1. The lowest BCUT2D eigenvalue weighted by Gasteiger charge is -2.09. The molecule has 0 saturated carbocycles. The fraction of sp³-hybridized carbons (Fsp3) is 0.133. The minimum Gasteiger partial charge on any atom is -0.507 e. The molecule has 2 aromatic carbocycles. The summed E-state index contributed by atoms with van der Waals surface area (Å²) in [4.78, 5) is 13.2. The van der Waals surface area contributed by atoms with E-state index in [0.29, 0.717) is 27.9 Å². The summed E-state index contributed by atoms with van der Waals surface area (Å²) in [5.74, 6) is 1.80. The van der Waals surface area contributed by atoms with E-state index in [1.165, 1.54) is 6.07 Å². The van der Waals surface area contributed by atoms with Crippen molar-refractivity contribution < 1.29 is 19.7 Å². The number of phenols is 1. The van der Waals surface area contributed by atoms with Gasteiger partial charge in [0.25, 0.3) is 0 Å². The second-order valence-electron chi connectivity index (χ2n) is 4.98. The summed E-state index contributed by atoms with van der Waals surface area (Å²) in [6, 6.07) is 8.74. The second kappa shape index (κ2) is 6.97. The predicted octanol–water partition coefficient (Wildman–Crippen LogP) is 3.52. The van der Waals surface area contributed by atoms with Gasteiger partial charge in [-0.05, 0) is 49.6 Å². The third-order valence-corrected chi connectivity index (χ3v) is 3.74.